The van der Waals surface area contributed by atoms with Crippen molar-refractivity contribution in [3.05, 3.63) is 56.7 Å². The second-order valence-electron chi connectivity index (χ2n) is 4.78. The number of hydrogen-bond donors (Lipinski definition) is 1. The fourth-order valence-corrected chi connectivity index (χ4v) is 4.15. The minimum absolute atomic E-state index is 0.573. The van der Waals surface area contributed by atoms with Crippen LogP contribution in [0.1, 0.15) is 29.4 Å². The molecule has 0 bridgehead atoms. The molecule has 94 valence electrons. The largest absolute Gasteiger partial charge is 0.316 e. The molecule has 0 radical (unpaired) electrons. The van der Waals surface area contributed by atoms with Crippen LogP contribution in [0.25, 0.3) is 0 Å². The van der Waals surface area contributed by atoms with Gasteiger partial charge in [0.05, 0.1) is 0 Å². The van der Waals surface area contributed by atoms with Crippen LogP contribution < -0.4 is 5.32 Å². The number of hydrogen-bond acceptors (Lipinski definition) is 2. The first kappa shape index (κ1) is 12.4. The van der Waals surface area contributed by atoms with Gasteiger partial charge in [0.15, 0.2) is 0 Å². The lowest BCUT2D eigenvalue weighted by atomic mass is 9.78. The Morgan fingerprint density at radius 2 is 2.06 bits per heavy atom. The summed E-state index contributed by atoms with van der Waals surface area (Å²) >= 11 is 5.50. The monoisotopic (exact) mass is 321 g/mol. The van der Waals surface area contributed by atoms with E-state index in [0.29, 0.717) is 11.8 Å². The molecule has 3 rings (SSSR count). The minimum Gasteiger partial charge on any atom is -0.316 e. The van der Waals surface area contributed by atoms with Crippen molar-refractivity contribution in [1.29, 1.82) is 0 Å². The van der Waals surface area contributed by atoms with E-state index in [-0.39, 0.29) is 0 Å². The smallest absolute Gasteiger partial charge is 0.0210 e. The number of piperidine rings is 1. The van der Waals surface area contributed by atoms with Gasteiger partial charge in [-0.05, 0) is 52.9 Å². The summed E-state index contributed by atoms with van der Waals surface area (Å²) in [4.78, 5) is 0. The molecule has 0 saturated carbocycles. The SMILES string of the molecule is Brc1ccccc1C1CNCCC1c1ccsc1. The molecule has 0 spiro atoms. The van der Waals surface area contributed by atoms with Crippen LogP contribution in [-0.4, -0.2) is 13.1 Å². The van der Waals surface area contributed by atoms with E-state index < -0.39 is 0 Å². The second kappa shape index (κ2) is 5.55. The molecule has 1 N–H and O–H groups in total. The molecule has 2 heterocycles. The van der Waals surface area contributed by atoms with Gasteiger partial charge in [0.2, 0.25) is 0 Å². The topological polar surface area (TPSA) is 12.0 Å². The number of nitrogens with one attached hydrogen (secondary N) is 1. The van der Waals surface area contributed by atoms with E-state index in [0.717, 1.165) is 13.1 Å². The Morgan fingerprint density at radius 1 is 1.17 bits per heavy atom. The third-order valence-electron chi connectivity index (χ3n) is 3.76. The van der Waals surface area contributed by atoms with Crippen LogP contribution in [0.15, 0.2) is 45.6 Å². The van der Waals surface area contributed by atoms with Gasteiger partial charge in [-0.25, -0.2) is 0 Å². The van der Waals surface area contributed by atoms with E-state index in [9.17, 15) is 0 Å². The van der Waals surface area contributed by atoms with Gasteiger partial charge in [-0.3, -0.25) is 0 Å². The van der Waals surface area contributed by atoms with Crippen LogP contribution in [0.5, 0.6) is 0 Å². The van der Waals surface area contributed by atoms with Crippen LogP contribution in [0.3, 0.4) is 0 Å². The lowest BCUT2D eigenvalue weighted by molar-refractivity contribution is 0.404. The van der Waals surface area contributed by atoms with Crippen molar-refractivity contribution in [2.45, 2.75) is 18.3 Å². The molecule has 2 atom stereocenters. The number of thiophene rings is 1. The van der Waals surface area contributed by atoms with Gasteiger partial charge < -0.3 is 5.32 Å². The average Bonchev–Trinajstić information content (AvgIpc) is 2.93. The Hall–Kier alpha value is -0.640. The van der Waals surface area contributed by atoms with Gasteiger partial charge in [-0.15, -0.1) is 0 Å². The fraction of sp³-hybridized carbons (Fsp3) is 0.333. The van der Waals surface area contributed by atoms with Gasteiger partial charge in [-0.2, -0.15) is 11.3 Å². The summed E-state index contributed by atoms with van der Waals surface area (Å²) in [5.74, 6) is 1.22. The third kappa shape index (κ3) is 2.40. The Kier molecular flexibility index (Phi) is 3.83. The van der Waals surface area contributed by atoms with E-state index in [2.05, 4.69) is 62.3 Å². The highest BCUT2D eigenvalue weighted by molar-refractivity contribution is 9.10. The van der Waals surface area contributed by atoms with E-state index in [1.54, 1.807) is 11.3 Å². The number of rotatable bonds is 2. The van der Waals surface area contributed by atoms with Gasteiger partial charge in [0, 0.05) is 16.9 Å². The predicted molar refractivity (Wildman–Crippen MR) is 81.4 cm³/mol. The van der Waals surface area contributed by atoms with Crippen molar-refractivity contribution in [3.8, 4) is 0 Å². The quantitative estimate of drug-likeness (QED) is 0.866. The zero-order valence-corrected chi connectivity index (χ0v) is 12.5. The molecular weight excluding hydrogens is 306 g/mol. The van der Waals surface area contributed by atoms with Crippen molar-refractivity contribution in [2.75, 3.05) is 13.1 Å². The van der Waals surface area contributed by atoms with Crippen molar-refractivity contribution >= 4 is 27.3 Å². The van der Waals surface area contributed by atoms with Gasteiger partial charge >= 0.3 is 0 Å². The molecule has 1 nitrogen and oxygen atoms in total. The summed E-state index contributed by atoms with van der Waals surface area (Å²) in [6, 6.07) is 10.9. The van der Waals surface area contributed by atoms with E-state index in [4.69, 9.17) is 0 Å². The maximum atomic E-state index is 3.70. The third-order valence-corrected chi connectivity index (χ3v) is 5.18. The molecule has 1 aliphatic heterocycles. The molecule has 1 aliphatic rings. The summed E-state index contributed by atoms with van der Waals surface area (Å²) in [5, 5.41) is 8.03. The zero-order valence-electron chi connectivity index (χ0n) is 10.1. The highest BCUT2D eigenvalue weighted by Gasteiger charge is 2.28. The summed E-state index contributed by atoms with van der Waals surface area (Å²) in [6.07, 6.45) is 1.22. The predicted octanol–water partition coefficient (Wildman–Crippen LogP) is 4.37. The first-order valence-corrected chi connectivity index (χ1v) is 8.07. The Balaban J connectivity index is 1.95. The van der Waals surface area contributed by atoms with E-state index >= 15 is 0 Å². The summed E-state index contributed by atoms with van der Waals surface area (Å²) in [6.45, 7) is 2.20. The summed E-state index contributed by atoms with van der Waals surface area (Å²) in [5.41, 5.74) is 2.93. The fourth-order valence-electron chi connectivity index (χ4n) is 2.85. The zero-order chi connectivity index (χ0) is 12.4. The lowest BCUT2D eigenvalue weighted by Crippen LogP contribution is -2.34. The molecule has 1 aromatic carbocycles. The van der Waals surface area contributed by atoms with Crippen LogP contribution in [0.4, 0.5) is 0 Å². The van der Waals surface area contributed by atoms with Crippen LogP contribution in [0, 0.1) is 0 Å². The normalized spacial score (nSPS) is 24.1. The highest BCUT2D eigenvalue weighted by atomic mass is 79.9. The first-order chi connectivity index (χ1) is 8.86. The molecule has 2 aromatic rings. The molecule has 0 aliphatic carbocycles. The molecule has 2 unspecified atom stereocenters. The molecule has 0 amide bonds. The van der Waals surface area contributed by atoms with E-state index in [1.165, 1.54) is 22.0 Å². The van der Waals surface area contributed by atoms with Crippen LogP contribution >= 0.6 is 27.3 Å². The Labute approximate surface area is 120 Å². The van der Waals surface area contributed by atoms with Crippen molar-refractivity contribution in [2.24, 2.45) is 0 Å². The standard InChI is InChI=1S/C15H16BrNS/c16-15-4-2-1-3-13(15)14-9-17-7-5-12(14)11-6-8-18-10-11/h1-4,6,8,10,12,14,17H,5,7,9H2. The molecule has 1 aromatic heterocycles. The molecule has 18 heavy (non-hydrogen) atoms. The lowest BCUT2D eigenvalue weighted by Gasteiger charge is -2.33. The molecule has 1 fully saturated rings. The number of benzene rings is 1. The number of halogens is 1. The Bertz CT molecular complexity index is 509. The minimum atomic E-state index is 0.573. The van der Waals surface area contributed by atoms with Crippen molar-refractivity contribution in [3.63, 3.8) is 0 Å². The van der Waals surface area contributed by atoms with E-state index in [1.807, 2.05) is 0 Å². The maximum absolute atomic E-state index is 3.70. The summed E-state index contributed by atoms with van der Waals surface area (Å²) in [7, 11) is 0. The van der Waals surface area contributed by atoms with Crippen LogP contribution in [-0.2, 0) is 0 Å². The Morgan fingerprint density at radius 3 is 2.83 bits per heavy atom. The van der Waals surface area contributed by atoms with Crippen LogP contribution in [0.2, 0.25) is 0 Å². The first-order valence-electron chi connectivity index (χ1n) is 6.33. The van der Waals surface area contributed by atoms with Gasteiger partial charge in [0.1, 0.15) is 0 Å². The molecule has 1 saturated heterocycles. The maximum Gasteiger partial charge on any atom is 0.0210 e. The highest BCUT2D eigenvalue weighted by Crippen LogP contribution is 2.40. The average molecular weight is 322 g/mol. The second-order valence-corrected chi connectivity index (χ2v) is 6.42. The van der Waals surface area contributed by atoms with Crippen molar-refractivity contribution < 1.29 is 0 Å². The van der Waals surface area contributed by atoms with Gasteiger partial charge in [0.25, 0.3) is 0 Å². The van der Waals surface area contributed by atoms with Gasteiger partial charge in [-0.1, -0.05) is 34.1 Å². The molecular formula is C15H16BrNS. The summed E-state index contributed by atoms with van der Waals surface area (Å²) < 4.78 is 1.24. The molecule has 3 heteroatoms. The van der Waals surface area contributed by atoms with Crippen molar-refractivity contribution in [1.82, 2.24) is 5.32 Å².